The molecule has 2 aromatic heterocycles. The second-order valence-electron chi connectivity index (χ2n) is 11.5. The number of amides is 1. The molecule has 1 amide bonds. The van der Waals surface area contributed by atoms with E-state index in [9.17, 15) is 9.59 Å². The van der Waals surface area contributed by atoms with Gasteiger partial charge in [0, 0.05) is 43.4 Å². The van der Waals surface area contributed by atoms with Crippen molar-refractivity contribution in [2.45, 2.75) is 77.5 Å². The first kappa shape index (κ1) is 31.0. The lowest BCUT2D eigenvalue weighted by molar-refractivity contribution is -0.149. The molecule has 234 valence electrons. The molecule has 3 aromatic rings. The van der Waals surface area contributed by atoms with Crippen LogP contribution in [0.25, 0.3) is 0 Å². The number of carbonyl (C=O) groups is 2. The van der Waals surface area contributed by atoms with Gasteiger partial charge in [-0.25, -0.2) is 24.5 Å². The molecular formula is C33H43N7O4. The first-order valence-electron chi connectivity index (χ1n) is 15.6. The molecule has 1 atom stereocenters. The van der Waals surface area contributed by atoms with Crippen LogP contribution in [0.4, 0.5) is 22.2 Å². The van der Waals surface area contributed by atoms with Crippen molar-refractivity contribution >= 4 is 29.5 Å². The zero-order valence-corrected chi connectivity index (χ0v) is 25.8. The standard InChI is InChI=1S/C33H43N7O4/c1-4-26-30(35-19-28(32(41)44-22(2)3)39-33(42)43-20-23-9-6-5-7-10-23)36-21-37-31(26)40-17-14-24(15-18-40)27-13-12-25-11-8-16-34-29(25)38-27/h5-7,9-10,12-13,21-22,24,28H,4,8,11,14-20H2,1-3H3,(H,34,38)(H,39,42)(H,35,36,37). The molecule has 4 heterocycles. The summed E-state index contributed by atoms with van der Waals surface area (Å²) in [7, 11) is 0. The largest absolute Gasteiger partial charge is 0.461 e. The molecule has 44 heavy (non-hydrogen) atoms. The van der Waals surface area contributed by atoms with Crippen LogP contribution in [-0.2, 0) is 33.7 Å². The number of rotatable bonds is 11. The summed E-state index contributed by atoms with van der Waals surface area (Å²) >= 11 is 0. The molecule has 1 aromatic carbocycles. The molecule has 0 aliphatic carbocycles. The maximum Gasteiger partial charge on any atom is 0.408 e. The van der Waals surface area contributed by atoms with E-state index in [0.29, 0.717) is 18.2 Å². The van der Waals surface area contributed by atoms with Gasteiger partial charge in [-0.2, -0.15) is 0 Å². The Bertz CT molecular complexity index is 1410. The molecule has 0 bridgehead atoms. The van der Waals surface area contributed by atoms with Crippen LogP contribution in [0.3, 0.4) is 0 Å². The van der Waals surface area contributed by atoms with Crippen molar-refractivity contribution in [2.75, 3.05) is 41.7 Å². The summed E-state index contributed by atoms with van der Waals surface area (Å²) in [6, 6.07) is 12.8. The lowest BCUT2D eigenvalue weighted by Gasteiger charge is -2.34. The minimum atomic E-state index is -0.974. The van der Waals surface area contributed by atoms with Gasteiger partial charge in [0.05, 0.1) is 6.10 Å². The average Bonchev–Trinajstić information content (AvgIpc) is 3.05. The van der Waals surface area contributed by atoms with Crippen LogP contribution in [0.1, 0.15) is 68.3 Å². The third-order valence-corrected chi connectivity index (χ3v) is 8.02. The summed E-state index contributed by atoms with van der Waals surface area (Å²) in [5.74, 6) is 2.42. The molecule has 11 nitrogen and oxygen atoms in total. The topological polar surface area (TPSA) is 131 Å². The number of piperidine rings is 1. The molecule has 3 N–H and O–H groups in total. The summed E-state index contributed by atoms with van der Waals surface area (Å²) in [4.78, 5) is 41.9. The van der Waals surface area contributed by atoms with Gasteiger partial charge in [-0.3, -0.25) is 0 Å². The third kappa shape index (κ3) is 7.94. The van der Waals surface area contributed by atoms with Gasteiger partial charge in [-0.05, 0) is 63.1 Å². The molecule has 2 aliphatic rings. The Hall–Kier alpha value is -4.41. The number of aryl methyl sites for hydroxylation is 1. The molecule has 0 spiro atoms. The summed E-state index contributed by atoms with van der Waals surface area (Å²) in [5, 5.41) is 9.38. The molecule has 1 fully saturated rings. The van der Waals surface area contributed by atoms with E-state index in [-0.39, 0.29) is 19.3 Å². The predicted octanol–water partition coefficient (Wildman–Crippen LogP) is 4.83. The summed E-state index contributed by atoms with van der Waals surface area (Å²) in [5.41, 5.74) is 4.28. The number of nitrogens with zero attached hydrogens (tertiary/aromatic N) is 4. The summed E-state index contributed by atoms with van der Waals surface area (Å²) < 4.78 is 10.8. The fourth-order valence-corrected chi connectivity index (χ4v) is 5.72. The number of esters is 1. The maximum atomic E-state index is 12.9. The highest BCUT2D eigenvalue weighted by molar-refractivity contribution is 5.82. The highest BCUT2D eigenvalue weighted by Crippen LogP contribution is 2.33. The Morgan fingerprint density at radius 2 is 1.89 bits per heavy atom. The number of benzene rings is 1. The van der Waals surface area contributed by atoms with Crippen LogP contribution >= 0.6 is 0 Å². The number of alkyl carbamates (subject to hydrolysis) is 1. The zero-order chi connectivity index (χ0) is 30.9. The van der Waals surface area contributed by atoms with Crippen LogP contribution in [0.5, 0.6) is 0 Å². The summed E-state index contributed by atoms with van der Waals surface area (Å²) in [6.45, 7) is 8.48. The maximum absolute atomic E-state index is 12.9. The van der Waals surface area contributed by atoms with Gasteiger partial charge in [-0.15, -0.1) is 0 Å². The minimum absolute atomic E-state index is 0.0789. The SMILES string of the molecule is CCc1c(NCC(NC(=O)OCc2ccccc2)C(=O)OC(C)C)ncnc1N1CCC(c2ccc3c(n2)NCCC3)CC1. The zero-order valence-electron chi connectivity index (χ0n) is 25.8. The molecule has 0 saturated carbocycles. The number of carbonyl (C=O) groups excluding carboxylic acids is 2. The number of aromatic nitrogens is 3. The minimum Gasteiger partial charge on any atom is -0.461 e. The number of nitrogens with one attached hydrogen (secondary N) is 3. The molecule has 2 aliphatic heterocycles. The van der Waals surface area contributed by atoms with Gasteiger partial charge in [-0.1, -0.05) is 43.3 Å². The van der Waals surface area contributed by atoms with Crippen molar-refractivity contribution in [2.24, 2.45) is 0 Å². The normalized spacial score (nSPS) is 15.6. The number of pyridine rings is 1. The Kier molecular flexibility index (Phi) is 10.5. The van der Waals surface area contributed by atoms with Crippen molar-refractivity contribution in [3.63, 3.8) is 0 Å². The first-order chi connectivity index (χ1) is 21.4. The second kappa shape index (κ2) is 14.9. The smallest absolute Gasteiger partial charge is 0.408 e. The van der Waals surface area contributed by atoms with Gasteiger partial charge in [0.2, 0.25) is 0 Å². The fraction of sp³-hybridized carbons (Fsp3) is 0.485. The highest BCUT2D eigenvalue weighted by atomic mass is 16.6. The molecule has 0 radical (unpaired) electrons. The van der Waals surface area contributed by atoms with E-state index < -0.39 is 18.1 Å². The van der Waals surface area contributed by atoms with Crippen molar-refractivity contribution in [3.8, 4) is 0 Å². The number of hydrogen-bond acceptors (Lipinski definition) is 10. The Balaban J connectivity index is 1.22. The lowest BCUT2D eigenvalue weighted by atomic mass is 9.92. The number of anilines is 3. The number of ether oxygens (including phenoxy) is 2. The van der Waals surface area contributed by atoms with Crippen LogP contribution in [-0.4, -0.2) is 65.3 Å². The lowest BCUT2D eigenvalue weighted by Crippen LogP contribution is -2.47. The third-order valence-electron chi connectivity index (χ3n) is 8.02. The second-order valence-corrected chi connectivity index (χ2v) is 11.5. The van der Waals surface area contributed by atoms with E-state index in [1.165, 1.54) is 5.56 Å². The van der Waals surface area contributed by atoms with Crippen molar-refractivity contribution in [1.29, 1.82) is 0 Å². The number of hydrogen-bond donors (Lipinski definition) is 3. The van der Waals surface area contributed by atoms with Gasteiger partial charge in [0.25, 0.3) is 0 Å². The van der Waals surface area contributed by atoms with Crippen LogP contribution in [0.15, 0.2) is 48.8 Å². The van der Waals surface area contributed by atoms with Gasteiger partial charge < -0.3 is 30.3 Å². The van der Waals surface area contributed by atoms with Crippen molar-refractivity contribution in [3.05, 3.63) is 71.2 Å². The summed E-state index contributed by atoms with van der Waals surface area (Å²) in [6.07, 6.45) is 5.42. The quantitative estimate of drug-likeness (QED) is 0.263. The molecule has 5 rings (SSSR count). The van der Waals surface area contributed by atoms with E-state index in [1.807, 2.05) is 30.3 Å². The van der Waals surface area contributed by atoms with Crippen molar-refractivity contribution < 1.29 is 19.1 Å². The Morgan fingerprint density at radius 3 is 2.64 bits per heavy atom. The highest BCUT2D eigenvalue weighted by Gasteiger charge is 2.28. The Morgan fingerprint density at radius 1 is 1.09 bits per heavy atom. The predicted molar refractivity (Wildman–Crippen MR) is 170 cm³/mol. The van der Waals surface area contributed by atoms with Gasteiger partial charge in [0.15, 0.2) is 0 Å². The Labute approximate surface area is 259 Å². The van der Waals surface area contributed by atoms with E-state index >= 15 is 0 Å². The van der Waals surface area contributed by atoms with Gasteiger partial charge in [0.1, 0.15) is 36.4 Å². The molecule has 11 heteroatoms. The molecule has 1 unspecified atom stereocenters. The number of fused-ring (bicyclic) bond motifs is 1. The van der Waals surface area contributed by atoms with Crippen LogP contribution < -0.4 is 20.9 Å². The van der Waals surface area contributed by atoms with E-state index in [4.69, 9.17) is 14.5 Å². The molecule has 1 saturated heterocycles. The van der Waals surface area contributed by atoms with Crippen molar-refractivity contribution in [1.82, 2.24) is 20.3 Å². The monoisotopic (exact) mass is 601 g/mol. The molecular weight excluding hydrogens is 558 g/mol. The fourth-order valence-electron chi connectivity index (χ4n) is 5.72. The first-order valence-corrected chi connectivity index (χ1v) is 15.6. The van der Waals surface area contributed by atoms with E-state index in [0.717, 1.165) is 73.8 Å². The van der Waals surface area contributed by atoms with E-state index in [1.54, 1.807) is 20.2 Å². The van der Waals surface area contributed by atoms with Gasteiger partial charge >= 0.3 is 12.1 Å². The van der Waals surface area contributed by atoms with E-state index in [2.05, 4.69) is 49.9 Å². The average molecular weight is 602 g/mol. The van der Waals surface area contributed by atoms with Crippen LogP contribution in [0.2, 0.25) is 0 Å². The van der Waals surface area contributed by atoms with Crippen LogP contribution in [0, 0.1) is 0 Å².